The van der Waals surface area contributed by atoms with E-state index in [0.29, 0.717) is 5.92 Å². The SMILES string of the molecule is CC1C=Cc2c(cc3ccccc3c2N(c2ccccc2)c2ccc(-c3ccc(N(C4=CC=CCC4)c4c5ccccc5cc5ccccc45)cc3)cc2)C1. The monoisotopic (exact) mass is 706 g/mol. The predicted octanol–water partition coefficient (Wildman–Crippen LogP) is 14.9. The summed E-state index contributed by atoms with van der Waals surface area (Å²) in [5.74, 6) is 0.520. The van der Waals surface area contributed by atoms with Crippen molar-refractivity contribution in [2.24, 2.45) is 5.92 Å². The third-order valence-corrected chi connectivity index (χ3v) is 11.3. The lowest BCUT2D eigenvalue weighted by Gasteiger charge is -2.31. The van der Waals surface area contributed by atoms with Crippen LogP contribution in [0.15, 0.2) is 194 Å². The quantitative estimate of drug-likeness (QED) is 0.152. The summed E-state index contributed by atoms with van der Waals surface area (Å²) in [4.78, 5) is 4.95. The Labute approximate surface area is 323 Å². The van der Waals surface area contributed by atoms with Crippen molar-refractivity contribution in [3.63, 3.8) is 0 Å². The van der Waals surface area contributed by atoms with Gasteiger partial charge in [0.1, 0.15) is 0 Å². The first-order chi connectivity index (χ1) is 27.2. The third-order valence-electron chi connectivity index (χ3n) is 11.3. The molecule has 8 aromatic carbocycles. The van der Waals surface area contributed by atoms with Crippen molar-refractivity contribution in [3.8, 4) is 11.1 Å². The van der Waals surface area contributed by atoms with Gasteiger partial charge in [0, 0.05) is 44.5 Å². The van der Waals surface area contributed by atoms with Crippen LogP contribution >= 0.6 is 0 Å². The van der Waals surface area contributed by atoms with Crippen molar-refractivity contribution >= 4 is 66.8 Å². The highest BCUT2D eigenvalue weighted by molar-refractivity contribution is 6.13. The van der Waals surface area contributed by atoms with Gasteiger partial charge in [-0.1, -0.05) is 153 Å². The summed E-state index contributed by atoms with van der Waals surface area (Å²) in [6.45, 7) is 2.31. The highest BCUT2D eigenvalue weighted by Gasteiger charge is 2.24. The number of nitrogens with zero attached hydrogens (tertiary/aromatic N) is 2. The van der Waals surface area contributed by atoms with Crippen molar-refractivity contribution in [2.45, 2.75) is 26.2 Å². The molecular weight excluding hydrogens is 665 g/mol. The van der Waals surface area contributed by atoms with Gasteiger partial charge in [-0.05, 0) is 107 Å². The molecule has 55 heavy (non-hydrogen) atoms. The fourth-order valence-corrected chi connectivity index (χ4v) is 8.71. The van der Waals surface area contributed by atoms with Gasteiger partial charge in [0.15, 0.2) is 0 Å². The molecule has 0 N–H and O–H groups in total. The average molecular weight is 707 g/mol. The number of anilines is 5. The molecule has 0 saturated heterocycles. The molecule has 0 saturated carbocycles. The normalized spacial score (nSPS) is 14.9. The van der Waals surface area contributed by atoms with E-state index in [1.165, 1.54) is 77.3 Å². The zero-order valence-corrected chi connectivity index (χ0v) is 31.1. The van der Waals surface area contributed by atoms with Crippen LogP contribution in [0.1, 0.15) is 30.9 Å². The Morgan fingerprint density at radius 1 is 0.509 bits per heavy atom. The Hall–Kier alpha value is -6.64. The van der Waals surface area contributed by atoms with Crippen molar-refractivity contribution in [1.29, 1.82) is 0 Å². The Morgan fingerprint density at radius 3 is 1.64 bits per heavy atom. The maximum absolute atomic E-state index is 2.50. The summed E-state index contributed by atoms with van der Waals surface area (Å²) >= 11 is 0. The molecule has 2 heteroatoms. The smallest absolute Gasteiger partial charge is 0.0615 e. The molecule has 10 rings (SSSR count). The molecule has 0 spiro atoms. The van der Waals surface area contributed by atoms with Gasteiger partial charge in [-0.15, -0.1) is 0 Å². The second kappa shape index (κ2) is 14.0. The van der Waals surface area contributed by atoms with Crippen LogP contribution in [0.5, 0.6) is 0 Å². The van der Waals surface area contributed by atoms with Crippen molar-refractivity contribution < 1.29 is 0 Å². The molecule has 0 fully saturated rings. The summed E-state index contributed by atoms with van der Waals surface area (Å²) in [5, 5.41) is 7.57. The first-order valence-corrected chi connectivity index (χ1v) is 19.5. The van der Waals surface area contributed by atoms with E-state index in [-0.39, 0.29) is 0 Å². The second-order valence-electron chi connectivity index (χ2n) is 15.0. The first-order valence-electron chi connectivity index (χ1n) is 19.5. The maximum atomic E-state index is 2.50. The van der Waals surface area contributed by atoms with Gasteiger partial charge in [-0.2, -0.15) is 0 Å². The van der Waals surface area contributed by atoms with E-state index in [1.807, 2.05) is 0 Å². The molecule has 2 nitrogen and oxygen atoms in total. The van der Waals surface area contributed by atoms with Gasteiger partial charge >= 0.3 is 0 Å². The second-order valence-corrected chi connectivity index (χ2v) is 15.0. The van der Waals surface area contributed by atoms with Crippen molar-refractivity contribution in [1.82, 2.24) is 0 Å². The van der Waals surface area contributed by atoms with E-state index in [2.05, 4.69) is 211 Å². The van der Waals surface area contributed by atoms with Gasteiger partial charge in [0.25, 0.3) is 0 Å². The Kier molecular flexibility index (Phi) is 8.37. The summed E-state index contributed by atoms with van der Waals surface area (Å²) in [6.07, 6.45) is 14.5. The van der Waals surface area contributed by atoms with E-state index in [4.69, 9.17) is 0 Å². The minimum Gasteiger partial charge on any atom is -0.313 e. The minimum absolute atomic E-state index is 0.520. The van der Waals surface area contributed by atoms with Gasteiger partial charge in [-0.25, -0.2) is 0 Å². The lowest BCUT2D eigenvalue weighted by Crippen LogP contribution is -2.18. The molecule has 0 bridgehead atoms. The van der Waals surface area contributed by atoms with Gasteiger partial charge < -0.3 is 9.80 Å². The van der Waals surface area contributed by atoms with Crippen LogP contribution in [0.4, 0.5) is 28.4 Å². The average Bonchev–Trinajstić information content (AvgIpc) is 3.24. The van der Waals surface area contributed by atoms with Gasteiger partial charge in [-0.3, -0.25) is 0 Å². The fourth-order valence-electron chi connectivity index (χ4n) is 8.71. The Balaban J connectivity index is 1.06. The number of allylic oxidation sites excluding steroid dienone is 5. The topological polar surface area (TPSA) is 6.48 Å². The zero-order valence-electron chi connectivity index (χ0n) is 31.1. The minimum atomic E-state index is 0.520. The summed E-state index contributed by atoms with van der Waals surface area (Å²) < 4.78 is 0. The molecule has 2 aliphatic rings. The van der Waals surface area contributed by atoms with Crippen LogP contribution in [0.3, 0.4) is 0 Å². The van der Waals surface area contributed by atoms with E-state index < -0.39 is 0 Å². The van der Waals surface area contributed by atoms with E-state index >= 15 is 0 Å². The molecule has 0 aromatic heterocycles. The molecular formula is C53H42N2. The molecule has 0 heterocycles. The number of rotatable bonds is 7. The number of para-hydroxylation sites is 1. The number of hydrogen-bond donors (Lipinski definition) is 0. The largest absolute Gasteiger partial charge is 0.313 e. The molecule has 8 aromatic rings. The number of fused-ring (bicyclic) bond motifs is 4. The number of hydrogen-bond acceptors (Lipinski definition) is 2. The Morgan fingerprint density at radius 2 is 1.04 bits per heavy atom. The molecule has 0 aliphatic heterocycles. The molecule has 2 aliphatic carbocycles. The van der Waals surface area contributed by atoms with Crippen LogP contribution in [0.25, 0.3) is 49.5 Å². The lowest BCUT2D eigenvalue weighted by molar-refractivity contribution is 0.718. The van der Waals surface area contributed by atoms with Crippen LogP contribution in [-0.4, -0.2) is 0 Å². The predicted molar refractivity (Wildman–Crippen MR) is 236 cm³/mol. The molecule has 1 atom stereocenters. The van der Waals surface area contributed by atoms with Crippen LogP contribution in [0.2, 0.25) is 0 Å². The summed E-state index contributed by atoms with van der Waals surface area (Å²) in [6, 6.07) is 60.2. The molecule has 1 unspecified atom stereocenters. The number of benzene rings is 8. The van der Waals surface area contributed by atoms with Gasteiger partial charge in [0.2, 0.25) is 0 Å². The van der Waals surface area contributed by atoms with Crippen molar-refractivity contribution in [2.75, 3.05) is 9.80 Å². The van der Waals surface area contributed by atoms with Gasteiger partial charge in [0.05, 0.1) is 11.4 Å². The summed E-state index contributed by atoms with van der Waals surface area (Å²) in [7, 11) is 0. The van der Waals surface area contributed by atoms with Crippen LogP contribution < -0.4 is 9.80 Å². The highest BCUT2D eigenvalue weighted by atomic mass is 15.2. The first kappa shape index (κ1) is 33.0. The lowest BCUT2D eigenvalue weighted by atomic mass is 9.86. The Bertz CT molecular complexity index is 2740. The van der Waals surface area contributed by atoms with Crippen molar-refractivity contribution in [3.05, 3.63) is 205 Å². The molecule has 264 valence electrons. The van der Waals surface area contributed by atoms with E-state index in [1.54, 1.807) is 0 Å². The van der Waals surface area contributed by atoms with Crippen LogP contribution in [-0.2, 0) is 6.42 Å². The molecule has 0 amide bonds. The maximum Gasteiger partial charge on any atom is 0.0615 e. The van der Waals surface area contributed by atoms with E-state index in [9.17, 15) is 0 Å². The van der Waals surface area contributed by atoms with Crippen LogP contribution in [0, 0.1) is 5.92 Å². The molecule has 0 radical (unpaired) electrons. The summed E-state index contributed by atoms with van der Waals surface area (Å²) in [5.41, 5.74) is 12.4. The standard InChI is InChI=1S/C53H42N2/c1-37-24-33-51-43(34-37)36-42-16-10-13-23-50(42)53(51)55(45-19-6-3-7-20-45)47-31-27-39(28-32-47)38-25-29-46(30-26-38)54(44-17-4-2-5-18-44)52-48-21-11-8-14-40(48)35-41-15-9-12-22-49(41)52/h2-4,6-17,19-33,35-37H,5,18,34H2,1H3. The zero-order chi connectivity index (χ0) is 36.7. The fraction of sp³-hybridized carbons (Fsp3) is 0.0943. The van der Waals surface area contributed by atoms with E-state index in [0.717, 1.165) is 30.6 Å². The highest BCUT2D eigenvalue weighted by Crippen LogP contribution is 2.46. The third kappa shape index (κ3) is 6.01.